The van der Waals surface area contributed by atoms with Gasteiger partial charge in [-0.3, -0.25) is 25.2 Å². The van der Waals surface area contributed by atoms with E-state index in [-0.39, 0.29) is 23.8 Å². The second kappa shape index (κ2) is 8.67. The summed E-state index contributed by atoms with van der Waals surface area (Å²) in [5, 5.41) is 2.54. The van der Waals surface area contributed by atoms with Gasteiger partial charge in [0.25, 0.3) is 17.7 Å². The number of hydrogen-bond acceptors (Lipinski definition) is 5. The quantitative estimate of drug-likeness (QED) is 0.646. The molecule has 1 unspecified atom stereocenters. The van der Waals surface area contributed by atoms with Gasteiger partial charge in [-0.1, -0.05) is 20.8 Å². The number of carbonyl (C=O) groups is 3. The first-order valence-corrected chi connectivity index (χ1v) is 11.3. The monoisotopic (exact) mass is 433 g/mol. The van der Waals surface area contributed by atoms with Crippen molar-refractivity contribution in [1.82, 2.24) is 16.2 Å². The lowest BCUT2D eigenvalue weighted by molar-refractivity contribution is -0.120. The van der Waals surface area contributed by atoms with Crippen molar-refractivity contribution >= 4 is 40.4 Å². The Hall–Kier alpha value is -2.19. The minimum absolute atomic E-state index is 0.204. The zero-order valence-electron chi connectivity index (χ0n) is 17.2. The summed E-state index contributed by atoms with van der Waals surface area (Å²) in [6.45, 7) is 8.49. The molecule has 2 aromatic heterocycles. The first-order chi connectivity index (χ1) is 13.6. The van der Waals surface area contributed by atoms with Crippen LogP contribution in [0.4, 0.5) is 0 Å². The molecule has 8 heteroatoms. The van der Waals surface area contributed by atoms with Gasteiger partial charge in [0.2, 0.25) is 0 Å². The molecule has 3 amide bonds. The van der Waals surface area contributed by atoms with Gasteiger partial charge in [-0.05, 0) is 61.3 Å². The smallest absolute Gasteiger partial charge is 0.279 e. The highest BCUT2D eigenvalue weighted by atomic mass is 32.1. The normalized spacial score (nSPS) is 16.1. The molecule has 0 saturated carbocycles. The maximum Gasteiger partial charge on any atom is 0.279 e. The number of thiophene rings is 2. The van der Waals surface area contributed by atoms with Crippen molar-refractivity contribution < 1.29 is 14.4 Å². The Labute approximate surface area is 179 Å². The summed E-state index contributed by atoms with van der Waals surface area (Å²) in [6.07, 6.45) is 3.12. The Bertz CT molecular complexity index is 924. The van der Waals surface area contributed by atoms with E-state index in [9.17, 15) is 14.4 Å². The Morgan fingerprint density at radius 2 is 1.83 bits per heavy atom. The van der Waals surface area contributed by atoms with Gasteiger partial charge >= 0.3 is 0 Å². The molecule has 2 heterocycles. The Kier molecular flexibility index (Phi) is 6.43. The molecule has 6 nitrogen and oxygen atoms in total. The van der Waals surface area contributed by atoms with Gasteiger partial charge < -0.3 is 5.32 Å². The van der Waals surface area contributed by atoms with Crippen LogP contribution in [0, 0.1) is 18.3 Å². The fraction of sp³-hybridized carbons (Fsp3) is 0.476. The van der Waals surface area contributed by atoms with E-state index in [1.807, 2.05) is 19.1 Å². The van der Waals surface area contributed by atoms with E-state index in [1.54, 1.807) is 6.07 Å². The van der Waals surface area contributed by atoms with Gasteiger partial charge in [-0.15, -0.1) is 22.7 Å². The van der Waals surface area contributed by atoms with Crippen LogP contribution in [0.3, 0.4) is 0 Å². The number of hydrazine groups is 1. The summed E-state index contributed by atoms with van der Waals surface area (Å²) in [6, 6.07) is 5.52. The van der Waals surface area contributed by atoms with E-state index in [4.69, 9.17) is 0 Å². The van der Waals surface area contributed by atoms with Crippen molar-refractivity contribution in [2.24, 2.45) is 11.3 Å². The number of nitrogens with one attached hydrogen (secondary N) is 3. The van der Waals surface area contributed by atoms with E-state index >= 15 is 0 Å². The zero-order chi connectivity index (χ0) is 21.2. The van der Waals surface area contributed by atoms with Gasteiger partial charge in [0.05, 0.1) is 16.3 Å². The molecular formula is C21H27N3O3S2. The SMILES string of the molecule is Cc1ccc(C(=O)NCC(=O)NNC(=O)c2cc3c(s2)CCC(C(C)(C)C)C3)s1. The van der Waals surface area contributed by atoms with Crippen molar-refractivity contribution in [1.29, 1.82) is 0 Å². The lowest BCUT2D eigenvalue weighted by Crippen LogP contribution is -2.46. The summed E-state index contributed by atoms with van der Waals surface area (Å²) in [4.78, 5) is 39.7. The molecule has 0 fully saturated rings. The molecular weight excluding hydrogens is 406 g/mol. The molecule has 0 radical (unpaired) electrons. The highest BCUT2D eigenvalue weighted by Crippen LogP contribution is 2.40. The Morgan fingerprint density at radius 3 is 2.48 bits per heavy atom. The minimum Gasteiger partial charge on any atom is -0.342 e. The predicted octanol–water partition coefficient (Wildman–Crippen LogP) is 3.46. The number of hydrogen-bond donors (Lipinski definition) is 3. The third kappa shape index (κ3) is 5.45. The maximum atomic E-state index is 12.4. The van der Waals surface area contributed by atoms with Crippen LogP contribution in [0.1, 0.15) is 61.9 Å². The molecule has 29 heavy (non-hydrogen) atoms. The number of fused-ring (bicyclic) bond motifs is 1. The van der Waals surface area contributed by atoms with Crippen molar-refractivity contribution in [3.05, 3.63) is 43.3 Å². The molecule has 1 aliphatic rings. The summed E-state index contributed by atoms with van der Waals surface area (Å²) in [5.74, 6) is -0.501. The molecule has 3 rings (SSSR count). The molecule has 0 aromatic carbocycles. The summed E-state index contributed by atoms with van der Waals surface area (Å²) >= 11 is 2.86. The second-order valence-electron chi connectivity index (χ2n) is 8.46. The molecule has 2 aromatic rings. The summed E-state index contributed by atoms with van der Waals surface area (Å²) in [7, 11) is 0. The molecule has 0 spiro atoms. The average molecular weight is 434 g/mol. The topological polar surface area (TPSA) is 87.3 Å². The lowest BCUT2D eigenvalue weighted by atomic mass is 9.72. The standard InChI is InChI=1S/C21H27N3O3S2/c1-12-5-7-16(28-12)19(26)22-11-18(25)23-24-20(27)17-10-13-9-14(21(2,3)4)6-8-15(13)29-17/h5,7,10,14H,6,8-9,11H2,1-4H3,(H,22,26)(H,23,25)(H,24,27). The molecule has 0 aliphatic heterocycles. The lowest BCUT2D eigenvalue weighted by Gasteiger charge is -2.33. The van der Waals surface area contributed by atoms with Crippen molar-refractivity contribution in [2.45, 2.75) is 47.0 Å². The van der Waals surface area contributed by atoms with E-state index in [1.165, 1.54) is 33.1 Å². The molecule has 1 aliphatic carbocycles. The summed E-state index contributed by atoms with van der Waals surface area (Å²) < 4.78 is 0. The van der Waals surface area contributed by atoms with Crippen LogP contribution in [0.2, 0.25) is 0 Å². The maximum absolute atomic E-state index is 12.4. The highest BCUT2D eigenvalue weighted by molar-refractivity contribution is 7.14. The minimum atomic E-state index is -0.478. The van der Waals surface area contributed by atoms with Crippen LogP contribution in [-0.2, 0) is 17.6 Å². The second-order valence-corrected chi connectivity index (χ2v) is 10.9. The molecule has 156 valence electrons. The molecule has 1 atom stereocenters. The van der Waals surface area contributed by atoms with E-state index in [2.05, 4.69) is 36.9 Å². The zero-order valence-corrected chi connectivity index (χ0v) is 18.8. The van der Waals surface area contributed by atoms with Crippen LogP contribution >= 0.6 is 22.7 Å². The van der Waals surface area contributed by atoms with E-state index in [0.29, 0.717) is 15.7 Å². The third-order valence-electron chi connectivity index (χ3n) is 5.22. The number of amides is 3. The molecule has 0 saturated heterocycles. The van der Waals surface area contributed by atoms with Gasteiger partial charge in [0.1, 0.15) is 0 Å². The fourth-order valence-electron chi connectivity index (χ4n) is 3.41. The van der Waals surface area contributed by atoms with Gasteiger partial charge in [0.15, 0.2) is 0 Å². The van der Waals surface area contributed by atoms with Crippen LogP contribution in [-0.4, -0.2) is 24.3 Å². The first-order valence-electron chi connectivity index (χ1n) is 9.69. The fourth-order valence-corrected chi connectivity index (χ4v) is 5.30. The van der Waals surface area contributed by atoms with E-state index < -0.39 is 5.91 Å². The van der Waals surface area contributed by atoms with Crippen molar-refractivity contribution in [3.8, 4) is 0 Å². The predicted molar refractivity (Wildman–Crippen MR) is 116 cm³/mol. The van der Waals surface area contributed by atoms with Crippen LogP contribution in [0.15, 0.2) is 18.2 Å². The van der Waals surface area contributed by atoms with Gasteiger partial charge in [-0.2, -0.15) is 0 Å². The first kappa shape index (κ1) is 21.5. The Morgan fingerprint density at radius 1 is 1.07 bits per heavy atom. The third-order valence-corrected chi connectivity index (χ3v) is 7.46. The number of aryl methyl sites for hydroxylation is 2. The van der Waals surface area contributed by atoms with Crippen LogP contribution in [0.25, 0.3) is 0 Å². The summed E-state index contributed by atoms with van der Waals surface area (Å²) in [5.41, 5.74) is 6.30. The van der Waals surface area contributed by atoms with Gasteiger partial charge in [-0.25, -0.2) is 0 Å². The molecule has 0 bridgehead atoms. The number of carbonyl (C=O) groups excluding carboxylic acids is 3. The van der Waals surface area contributed by atoms with Crippen molar-refractivity contribution in [3.63, 3.8) is 0 Å². The Balaban J connectivity index is 1.48. The average Bonchev–Trinajstić information content (AvgIpc) is 3.28. The van der Waals surface area contributed by atoms with E-state index in [0.717, 1.165) is 24.1 Å². The van der Waals surface area contributed by atoms with Crippen molar-refractivity contribution in [2.75, 3.05) is 6.54 Å². The van der Waals surface area contributed by atoms with Crippen LogP contribution in [0.5, 0.6) is 0 Å². The van der Waals surface area contributed by atoms with Crippen LogP contribution < -0.4 is 16.2 Å². The molecule has 3 N–H and O–H groups in total. The van der Waals surface area contributed by atoms with Gasteiger partial charge in [0, 0.05) is 9.75 Å². The largest absolute Gasteiger partial charge is 0.342 e. The highest BCUT2D eigenvalue weighted by Gasteiger charge is 2.30. The number of rotatable bonds is 4.